The van der Waals surface area contributed by atoms with Gasteiger partial charge in [0.25, 0.3) is 30.5 Å². The van der Waals surface area contributed by atoms with Gasteiger partial charge in [0.1, 0.15) is 0 Å². The van der Waals surface area contributed by atoms with Gasteiger partial charge in [-0.2, -0.15) is 0 Å². The van der Waals surface area contributed by atoms with Gasteiger partial charge in [-0.25, -0.2) is 0 Å². The van der Waals surface area contributed by atoms with Gasteiger partial charge >= 0.3 is 0 Å². The molecule has 0 atom stereocenters. The van der Waals surface area contributed by atoms with Crippen molar-refractivity contribution in [3.05, 3.63) is 0 Å². The molecule has 0 aromatic rings. The van der Waals surface area contributed by atoms with Crippen LogP contribution in [0.15, 0.2) is 0 Å². The lowest BCUT2D eigenvalue weighted by molar-refractivity contribution is -0.001000. The summed E-state index contributed by atoms with van der Waals surface area (Å²) in [5.74, 6) is 0. The highest BCUT2D eigenvalue weighted by atomic mass is 35.6. The molecule has 0 rings (SSSR count). The van der Waals surface area contributed by atoms with E-state index in [0.717, 1.165) is 0 Å². The van der Waals surface area contributed by atoms with Crippen LogP contribution in [0.1, 0.15) is 111 Å². The normalized spacial score (nSPS) is 13.7. The van der Waals surface area contributed by atoms with E-state index in [-0.39, 0.29) is 24.8 Å². The zero-order chi connectivity index (χ0) is 28.0. The predicted octanol–water partition coefficient (Wildman–Crippen LogP) is 6.02. The molecular weight excluding hydrogens is 645 g/mol. The van der Waals surface area contributed by atoms with Crippen molar-refractivity contribution in [3.63, 3.8) is 0 Å². The average Bonchev–Trinajstić information content (AvgIpc) is 2.66. The van der Waals surface area contributed by atoms with Crippen LogP contribution in [0, 0.1) is 0 Å². The van der Waals surface area contributed by atoms with Gasteiger partial charge in [0, 0.05) is 0 Å². The molecule has 0 heterocycles. The fraction of sp³-hybridized carbons (Fsp3) is 1.00. The summed E-state index contributed by atoms with van der Waals surface area (Å²) in [6.45, 7) is 34.5. The molecule has 0 N–H and O–H groups in total. The van der Waals surface area contributed by atoms with Gasteiger partial charge in [-0.05, 0) is 44.3 Å². The van der Waals surface area contributed by atoms with Crippen molar-refractivity contribution in [2.45, 2.75) is 155 Å². The van der Waals surface area contributed by atoms with Crippen molar-refractivity contribution in [3.8, 4) is 0 Å². The van der Waals surface area contributed by atoms with Gasteiger partial charge in [-0.1, -0.05) is 111 Å². The summed E-state index contributed by atoms with van der Waals surface area (Å²) in [5.41, 5.74) is 3.05. The summed E-state index contributed by atoms with van der Waals surface area (Å²) >= 11 is 27.4. The van der Waals surface area contributed by atoms with Gasteiger partial charge in [0.15, 0.2) is 0 Å². The van der Waals surface area contributed by atoms with Crippen LogP contribution in [0.25, 0.3) is 0 Å². The van der Waals surface area contributed by atoms with E-state index >= 15 is 0 Å². The number of hydrogen-bond donors (Lipinski definition) is 0. The topological polar surface area (TPSA) is 18.5 Å². The first-order chi connectivity index (χ1) is 15.0. The molecule has 0 amide bonds. The maximum Gasteiger partial charge on any atom is 0.286 e. The highest BCUT2D eigenvalue weighted by Crippen LogP contribution is 2.47. The lowest BCUT2D eigenvalue weighted by Crippen LogP contribution is -3.00. The highest BCUT2D eigenvalue weighted by molar-refractivity contribution is 7.28. The average molecular weight is 702 g/mol. The van der Waals surface area contributed by atoms with E-state index in [4.69, 9.17) is 52.5 Å². The van der Waals surface area contributed by atoms with Gasteiger partial charge < -0.3 is 33.0 Å². The first kappa shape index (κ1) is 45.5. The minimum atomic E-state index is -2.26. The molecule has 0 unspecified atom stereocenters. The number of rotatable bonds is 12. The van der Waals surface area contributed by atoms with Crippen molar-refractivity contribution in [1.82, 2.24) is 0 Å². The van der Waals surface area contributed by atoms with E-state index in [1.54, 1.807) is 0 Å². The van der Waals surface area contributed by atoms with Crippen molar-refractivity contribution in [2.75, 3.05) is 0 Å². The van der Waals surface area contributed by atoms with Crippen LogP contribution in [0.2, 0.25) is 44.3 Å². The Morgan fingerprint density at radius 3 is 0.444 bits per heavy atom. The largest absolute Gasteiger partial charge is 1.00 e. The van der Waals surface area contributed by atoms with Gasteiger partial charge in [-0.15, -0.1) is 44.3 Å². The molecule has 0 saturated heterocycles. The molecule has 0 bridgehead atoms. The summed E-state index contributed by atoms with van der Waals surface area (Å²) in [4.78, 5) is 0. The highest BCUT2D eigenvalue weighted by Gasteiger charge is 2.52. The van der Waals surface area contributed by atoms with Crippen LogP contribution < -0.4 is 24.8 Å². The molecule has 0 aliphatic rings. The summed E-state index contributed by atoms with van der Waals surface area (Å²) in [7, 11) is -9.05. The van der Waals surface area contributed by atoms with E-state index in [2.05, 4.69) is 111 Å². The second-order valence-corrected chi connectivity index (χ2v) is 35.8. The quantitative estimate of drug-likeness (QED) is 0.183. The summed E-state index contributed by atoms with van der Waals surface area (Å²) < 4.78 is 13.0. The molecule has 12 heteroatoms. The van der Waals surface area contributed by atoms with Gasteiger partial charge in [0.2, 0.25) is 0 Å². The molecule has 2 nitrogen and oxygen atoms in total. The fourth-order valence-electron chi connectivity index (χ4n) is 4.09. The standard InChI is InChI=1S/2C12H28Cl2OSi2.2ClH/c2*1-9(2)16(13,10(3)4)15-17(14,11(5)6)12(7)8;;/h2*9-12H,1-8H3;2*1H/p-2. The maximum atomic E-state index is 6.85. The molecule has 0 spiro atoms. The third-order valence-corrected chi connectivity index (χ3v) is 37.8. The first-order valence-corrected chi connectivity index (χ1v) is 25.4. The summed E-state index contributed by atoms with van der Waals surface area (Å²) in [6, 6.07) is 0. The molecular formula is C24H56Cl6O2Si4-2. The van der Waals surface area contributed by atoms with Crippen LogP contribution in [-0.4, -0.2) is 30.5 Å². The van der Waals surface area contributed by atoms with Crippen molar-refractivity contribution < 1.29 is 33.0 Å². The van der Waals surface area contributed by atoms with E-state index in [9.17, 15) is 0 Å². The van der Waals surface area contributed by atoms with E-state index in [1.807, 2.05) is 0 Å². The lowest BCUT2D eigenvalue weighted by Gasteiger charge is -2.43. The molecule has 0 aromatic heterocycles. The zero-order valence-electron chi connectivity index (χ0n) is 25.7. The Balaban J connectivity index is -0.000000269. The fourth-order valence-corrected chi connectivity index (χ4v) is 26.1. The SMILES string of the molecule is CC(C)[Si](Cl)(O[Si](Cl)(C(C)C)C(C)C)C(C)C.CC(C)[Si](Cl)(O[Si](Cl)(C(C)C)C(C)C)C(C)C.[Cl-].[Cl-]. The van der Waals surface area contributed by atoms with Gasteiger partial charge in [-0.3, -0.25) is 0 Å². The van der Waals surface area contributed by atoms with Crippen LogP contribution in [0.4, 0.5) is 0 Å². The Morgan fingerprint density at radius 1 is 0.306 bits per heavy atom. The second-order valence-electron chi connectivity index (χ2n) is 12.2. The third kappa shape index (κ3) is 11.8. The van der Waals surface area contributed by atoms with Crippen molar-refractivity contribution in [2.24, 2.45) is 0 Å². The van der Waals surface area contributed by atoms with E-state index < -0.39 is 30.5 Å². The molecule has 0 aliphatic heterocycles. The second kappa shape index (κ2) is 18.1. The molecule has 0 aliphatic carbocycles. The summed E-state index contributed by atoms with van der Waals surface area (Å²) in [5, 5.41) is 0. The van der Waals surface area contributed by atoms with Crippen LogP contribution in [0.3, 0.4) is 0 Å². The Kier molecular flexibility index (Phi) is 22.9. The molecule has 0 radical (unpaired) electrons. The maximum absolute atomic E-state index is 6.85. The van der Waals surface area contributed by atoms with Crippen LogP contribution >= 0.6 is 44.3 Å². The molecule has 0 fully saturated rings. The Morgan fingerprint density at radius 2 is 0.389 bits per heavy atom. The minimum Gasteiger partial charge on any atom is -1.00 e. The lowest BCUT2D eigenvalue weighted by atomic mass is 10.5. The van der Waals surface area contributed by atoms with Crippen molar-refractivity contribution in [1.29, 1.82) is 0 Å². The first-order valence-electron chi connectivity index (χ1n) is 13.1. The van der Waals surface area contributed by atoms with Gasteiger partial charge in [0.05, 0.1) is 0 Å². The summed E-state index contributed by atoms with van der Waals surface area (Å²) in [6.07, 6.45) is 0. The molecule has 36 heavy (non-hydrogen) atoms. The smallest absolute Gasteiger partial charge is 0.286 e. The molecule has 0 aromatic carbocycles. The monoisotopic (exact) mass is 698 g/mol. The molecule has 224 valence electrons. The molecule has 0 saturated carbocycles. The number of halogens is 6. The van der Waals surface area contributed by atoms with Crippen LogP contribution in [-0.2, 0) is 8.23 Å². The van der Waals surface area contributed by atoms with Crippen molar-refractivity contribution >= 4 is 74.8 Å². The van der Waals surface area contributed by atoms with E-state index in [0.29, 0.717) is 44.3 Å². The predicted molar refractivity (Wildman–Crippen MR) is 169 cm³/mol. The Labute approximate surface area is 261 Å². The Bertz CT molecular complexity index is 461. The van der Waals surface area contributed by atoms with Crippen LogP contribution in [0.5, 0.6) is 0 Å². The minimum absolute atomic E-state index is 0. The van der Waals surface area contributed by atoms with E-state index in [1.165, 1.54) is 0 Å². The third-order valence-electron chi connectivity index (χ3n) is 6.92. The Hall–Kier alpha value is 2.53. The number of hydrogen-bond acceptors (Lipinski definition) is 2. The zero-order valence-corrected chi connectivity index (χ0v) is 34.2.